The third kappa shape index (κ3) is 7.70. The van der Waals surface area contributed by atoms with Gasteiger partial charge in [0, 0.05) is 57.0 Å². The summed E-state index contributed by atoms with van der Waals surface area (Å²) in [7, 11) is 0. The molecule has 5 rings (SSSR count). The van der Waals surface area contributed by atoms with Crippen LogP contribution < -0.4 is 10.2 Å². The SMILES string of the molecule is CCN1CCC(N[C@H]2C[C@@H](C(=O)N3CCN(c4cccc(C(F)(F)F)c4)CC3)N(CC=Cc3ccccc3)C2)CC1. The molecule has 0 aromatic heterocycles. The number of carbonyl (C=O) groups excluding carboxylic acids is 1. The number of likely N-dealkylation sites (tertiary alicyclic amines) is 2. The second-order valence-electron chi connectivity index (χ2n) is 11.5. The van der Waals surface area contributed by atoms with Crippen molar-refractivity contribution in [1.29, 1.82) is 0 Å². The van der Waals surface area contributed by atoms with E-state index in [1.165, 1.54) is 12.1 Å². The molecule has 1 N–H and O–H groups in total. The van der Waals surface area contributed by atoms with Gasteiger partial charge in [0.2, 0.25) is 5.91 Å². The number of benzene rings is 2. The van der Waals surface area contributed by atoms with Gasteiger partial charge in [0.1, 0.15) is 0 Å². The molecule has 3 saturated heterocycles. The summed E-state index contributed by atoms with van der Waals surface area (Å²) < 4.78 is 39.7. The number of carbonyl (C=O) groups is 1. The standard InChI is InChI=1S/C32H42F3N5O/c1-2-37-16-13-27(14-17-37)36-28-23-30(40(24-28)15-7-10-25-8-4-3-5-9-25)31(41)39-20-18-38(19-21-39)29-12-6-11-26(22-29)32(33,34)35/h3-12,22,27-28,30,36H,2,13-21,23-24H2,1H3/t28-,30-/m0/s1. The van der Waals surface area contributed by atoms with Gasteiger partial charge in [-0.25, -0.2) is 0 Å². The van der Waals surface area contributed by atoms with Crippen LogP contribution in [0.25, 0.3) is 6.08 Å². The van der Waals surface area contributed by atoms with Gasteiger partial charge in [-0.15, -0.1) is 0 Å². The van der Waals surface area contributed by atoms with Gasteiger partial charge in [0.25, 0.3) is 0 Å². The highest BCUT2D eigenvalue weighted by Gasteiger charge is 2.40. The number of anilines is 1. The number of hydrogen-bond donors (Lipinski definition) is 1. The molecule has 0 spiro atoms. The minimum atomic E-state index is -4.37. The molecule has 0 bridgehead atoms. The zero-order chi connectivity index (χ0) is 28.8. The van der Waals surface area contributed by atoms with Crippen molar-refractivity contribution in [2.24, 2.45) is 0 Å². The molecule has 222 valence electrons. The lowest BCUT2D eigenvalue weighted by atomic mass is 10.0. The van der Waals surface area contributed by atoms with Crippen LogP contribution in [-0.4, -0.2) is 97.6 Å². The van der Waals surface area contributed by atoms with Crippen LogP contribution in [0.3, 0.4) is 0 Å². The summed E-state index contributed by atoms with van der Waals surface area (Å²) >= 11 is 0. The molecule has 0 saturated carbocycles. The molecule has 0 aliphatic carbocycles. The van der Waals surface area contributed by atoms with Gasteiger partial charge >= 0.3 is 6.18 Å². The summed E-state index contributed by atoms with van der Waals surface area (Å²) in [6.07, 6.45) is 2.93. The van der Waals surface area contributed by atoms with E-state index in [4.69, 9.17) is 0 Å². The summed E-state index contributed by atoms with van der Waals surface area (Å²) in [4.78, 5) is 22.5. The van der Waals surface area contributed by atoms with Crippen molar-refractivity contribution in [3.63, 3.8) is 0 Å². The summed E-state index contributed by atoms with van der Waals surface area (Å²) in [5.41, 5.74) is 1.05. The van der Waals surface area contributed by atoms with E-state index >= 15 is 0 Å². The molecular formula is C32H42F3N5O. The van der Waals surface area contributed by atoms with Crippen molar-refractivity contribution in [1.82, 2.24) is 20.0 Å². The number of halogens is 3. The second-order valence-corrected chi connectivity index (χ2v) is 11.5. The largest absolute Gasteiger partial charge is 0.416 e. The zero-order valence-electron chi connectivity index (χ0n) is 23.9. The summed E-state index contributed by atoms with van der Waals surface area (Å²) in [5.74, 6) is 0.131. The molecule has 41 heavy (non-hydrogen) atoms. The van der Waals surface area contributed by atoms with Gasteiger partial charge < -0.3 is 20.0 Å². The van der Waals surface area contributed by atoms with Crippen molar-refractivity contribution in [2.75, 3.05) is 63.8 Å². The first kappa shape index (κ1) is 29.6. The van der Waals surface area contributed by atoms with E-state index in [0.29, 0.717) is 44.5 Å². The van der Waals surface area contributed by atoms with E-state index in [1.54, 1.807) is 6.07 Å². The van der Waals surface area contributed by atoms with E-state index < -0.39 is 11.7 Å². The number of rotatable bonds is 8. The lowest BCUT2D eigenvalue weighted by Gasteiger charge is -2.38. The molecule has 3 heterocycles. The van der Waals surface area contributed by atoms with Crippen LogP contribution in [-0.2, 0) is 11.0 Å². The summed E-state index contributed by atoms with van der Waals surface area (Å²) in [6.45, 7) is 9.11. The highest BCUT2D eigenvalue weighted by molar-refractivity contribution is 5.82. The maximum Gasteiger partial charge on any atom is 0.416 e. The number of alkyl halides is 3. The smallest absolute Gasteiger partial charge is 0.368 e. The maximum atomic E-state index is 13.9. The molecule has 0 unspecified atom stereocenters. The Morgan fingerprint density at radius 2 is 1.68 bits per heavy atom. The number of piperazine rings is 1. The first-order valence-electron chi connectivity index (χ1n) is 14.9. The van der Waals surface area contributed by atoms with Gasteiger partial charge in [-0.1, -0.05) is 55.5 Å². The van der Waals surface area contributed by atoms with Gasteiger partial charge in [-0.2, -0.15) is 13.2 Å². The molecule has 2 aromatic carbocycles. The van der Waals surface area contributed by atoms with Crippen molar-refractivity contribution in [3.8, 4) is 0 Å². The predicted molar refractivity (Wildman–Crippen MR) is 158 cm³/mol. The summed E-state index contributed by atoms with van der Waals surface area (Å²) in [5, 5.41) is 3.87. The lowest BCUT2D eigenvalue weighted by Crippen LogP contribution is -2.53. The minimum absolute atomic E-state index is 0.131. The van der Waals surface area contributed by atoms with E-state index in [9.17, 15) is 18.0 Å². The average Bonchev–Trinajstić information content (AvgIpc) is 3.39. The van der Waals surface area contributed by atoms with Crippen molar-refractivity contribution >= 4 is 17.7 Å². The molecular weight excluding hydrogens is 527 g/mol. The highest BCUT2D eigenvalue weighted by Crippen LogP contribution is 2.32. The van der Waals surface area contributed by atoms with Crippen LogP contribution in [0, 0.1) is 0 Å². The van der Waals surface area contributed by atoms with Crippen LogP contribution in [0.15, 0.2) is 60.7 Å². The molecule has 3 fully saturated rings. The number of piperidine rings is 1. The van der Waals surface area contributed by atoms with Crippen LogP contribution in [0.1, 0.15) is 37.3 Å². The Morgan fingerprint density at radius 3 is 2.37 bits per heavy atom. The van der Waals surface area contributed by atoms with E-state index in [0.717, 1.165) is 57.1 Å². The van der Waals surface area contributed by atoms with E-state index in [2.05, 4.69) is 46.3 Å². The number of nitrogens with one attached hydrogen (secondary N) is 1. The van der Waals surface area contributed by atoms with E-state index in [-0.39, 0.29) is 18.0 Å². The Bertz CT molecular complexity index is 1160. The number of hydrogen-bond acceptors (Lipinski definition) is 5. The van der Waals surface area contributed by atoms with Gasteiger partial charge in [0.15, 0.2) is 0 Å². The minimum Gasteiger partial charge on any atom is -0.368 e. The highest BCUT2D eigenvalue weighted by atomic mass is 19.4. The Kier molecular flexibility index (Phi) is 9.68. The Balaban J connectivity index is 1.21. The Labute approximate surface area is 241 Å². The predicted octanol–water partition coefficient (Wildman–Crippen LogP) is 4.58. The fourth-order valence-corrected chi connectivity index (χ4v) is 6.40. The molecule has 0 radical (unpaired) electrons. The lowest BCUT2D eigenvalue weighted by molar-refractivity contribution is -0.137. The zero-order valence-corrected chi connectivity index (χ0v) is 23.9. The van der Waals surface area contributed by atoms with Crippen LogP contribution >= 0.6 is 0 Å². The van der Waals surface area contributed by atoms with Gasteiger partial charge in [-0.05, 0) is 62.7 Å². The maximum absolute atomic E-state index is 13.9. The first-order chi connectivity index (χ1) is 19.8. The third-order valence-electron chi connectivity index (χ3n) is 8.77. The van der Waals surface area contributed by atoms with Crippen molar-refractivity contribution in [3.05, 3.63) is 71.8 Å². The van der Waals surface area contributed by atoms with Crippen molar-refractivity contribution in [2.45, 2.75) is 50.5 Å². The fraction of sp³-hybridized carbons (Fsp3) is 0.531. The quantitative estimate of drug-likeness (QED) is 0.504. The van der Waals surface area contributed by atoms with Gasteiger partial charge in [-0.3, -0.25) is 9.69 Å². The fourth-order valence-electron chi connectivity index (χ4n) is 6.40. The molecule has 3 aliphatic heterocycles. The van der Waals surface area contributed by atoms with Gasteiger partial charge in [0.05, 0.1) is 11.6 Å². The van der Waals surface area contributed by atoms with Crippen LogP contribution in [0.4, 0.5) is 18.9 Å². The molecule has 1 amide bonds. The van der Waals surface area contributed by atoms with E-state index in [1.807, 2.05) is 28.0 Å². The third-order valence-corrected chi connectivity index (χ3v) is 8.77. The average molecular weight is 570 g/mol. The second kappa shape index (κ2) is 13.4. The normalized spacial score (nSPS) is 23.5. The number of nitrogens with zero attached hydrogens (tertiary/aromatic N) is 4. The topological polar surface area (TPSA) is 42.1 Å². The molecule has 2 atom stereocenters. The molecule has 3 aliphatic rings. The van der Waals surface area contributed by atoms with Crippen molar-refractivity contribution < 1.29 is 18.0 Å². The number of amides is 1. The molecule has 6 nitrogen and oxygen atoms in total. The van der Waals surface area contributed by atoms with Crippen LogP contribution in [0.2, 0.25) is 0 Å². The van der Waals surface area contributed by atoms with Crippen LogP contribution in [0.5, 0.6) is 0 Å². The Morgan fingerprint density at radius 1 is 0.951 bits per heavy atom. The molecule has 9 heteroatoms. The molecule has 2 aromatic rings. The first-order valence-corrected chi connectivity index (χ1v) is 14.9. The Hall–Kier alpha value is -2.88. The monoisotopic (exact) mass is 569 g/mol. The summed E-state index contributed by atoms with van der Waals surface area (Å²) in [6, 6.07) is 16.2.